The first-order valence-electron chi connectivity index (χ1n) is 3.22. The zero-order valence-electron chi connectivity index (χ0n) is 5.31. The van der Waals surface area contributed by atoms with Gasteiger partial charge >= 0.3 is 0 Å². The topological polar surface area (TPSA) is 21.3 Å². The maximum Gasteiger partial charge on any atom is 0.0572 e. The van der Waals surface area contributed by atoms with Gasteiger partial charge in [0.25, 0.3) is 0 Å². The zero-order valence-corrected chi connectivity index (χ0v) is 5.31. The van der Waals surface area contributed by atoms with Gasteiger partial charge in [0.1, 0.15) is 0 Å². The highest BCUT2D eigenvalue weighted by Crippen LogP contribution is 2.16. The normalized spacial score (nSPS) is 22.1. The molecule has 1 fully saturated rings. The number of hydrogen-bond acceptors (Lipinski definition) is 2. The van der Waals surface area contributed by atoms with E-state index in [-0.39, 0.29) is 0 Å². The second-order valence-corrected chi connectivity index (χ2v) is 2.30. The van der Waals surface area contributed by atoms with E-state index in [0.29, 0.717) is 6.04 Å². The van der Waals surface area contributed by atoms with Crippen LogP contribution in [0.25, 0.3) is 0 Å². The summed E-state index contributed by atoms with van der Waals surface area (Å²) in [4.78, 5) is 4.78. The van der Waals surface area contributed by atoms with Crippen LogP contribution in [0.5, 0.6) is 0 Å². The van der Waals surface area contributed by atoms with E-state index in [9.17, 15) is 0 Å². The first-order valence-corrected chi connectivity index (χ1v) is 3.22. The number of rotatable bonds is 2. The minimum absolute atomic E-state index is 0.639. The summed E-state index contributed by atoms with van der Waals surface area (Å²) in [5.41, 5.74) is 2.94. The van der Waals surface area contributed by atoms with E-state index < -0.39 is 0 Å². The molecule has 1 aliphatic rings. The van der Waals surface area contributed by atoms with Crippen LogP contribution in [0.2, 0.25) is 0 Å². The Morgan fingerprint density at radius 2 is 2.00 bits per heavy atom. The average molecular weight is 115 g/mol. The first-order chi connectivity index (χ1) is 3.93. The maximum atomic E-state index is 4.78. The van der Waals surface area contributed by atoms with Crippen LogP contribution in [0.1, 0.15) is 25.7 Å². The maximum absolute atomic E-state index is 4.78. The van der Waals surface area contributed by atoms with Crippen molar-refractivity contribution in [3.05, 3.63) is 0 Å². The molecule has 0 amide bonds. The molecule has 0 aromatic rings. The standard InChI is InChI=1S/C6H13NO/c1-8-7-6-4-2-3-5-6/h6-7H,2-5H2,1H3. The lowest BCUT2D eigenvalue weighted by Crippen LogP contribution is -2.24. The Hall–Kier alpha value is -0.0800. The van der Waals surface area contributed by atoms with Crippen LogP contribution >= 0.6 is 0 Å². The second kappa shape index (κ2) is 3.05. The summed E-state index contributed by atoms with van der Waals surface area (Å²) in [7, 11) is 1.68. The van der Waals surface area contributed by atoms with Crippen LogP contribution in [-0.4, -0.2) is 13.2 Å². The van der Waals surface area contributed by atoms with Crippen LogP contribution in [0, 0.1) is 0 Å². The van der Waals surface area contributed by atoms with Gasteiger partial charge in [-0.15, -0.1) is 0 Å². The van der Waals surface area contributed by atoms with Crippen LogP contribution < -0.4 is 5.48 Å². The molecule has 0 radical (unpaired) electrons. The van der Waals surface area contributed by atoms with Gasteiger partial charge in [-0.2, -0.15) is 5.48 Å². The van der Waals surface area contributed by atoms with Crippen molar-refractivity contribution in [3.63, 3.8) is 0 Å². The molecule has 0 heterocycles. The predicted octanol–water partition coefficient (Wildman–Crippen LogP) is 1.08. The molecule has 0 bridgehead atoms. The molecule has 0 aromatic carbocycles. The van der Waals surface area contributed by atoms with Crippen LogP contribution in [0.3, 0.4) is 0 Å². The zero-order chi connectivity index (χ0) is 5.82. The Bertz CT molecular complexity index is 59.5. The molecule has 0 aliphatic heterocycles. The van der Waals surface area contributed by atoms with Gasteiger partial charge in [0.15, 0.2) is 0 Å². The van der Waals surface area contributed by atoms with Crippen molar-refractivity contribution in [1.82, 2.24) is 5.48 Å². The number of nitrogens with one attached hydrogen (secondary N) is 1. The number of hydroxylamine groups is 1. The molecule has 48 valence electrons. The van der Waals surface area contributed by atoms with Gasteiger partial charge in [-0.25, -0.2) is 0 Å². The highest BCUT2D eigenvalue weighted by molar-refractivity contribution is 4.69. The van der Waals surface area contributed by atoms with Crippen molar-refractivity contribution in [2.75, 3.05) is 7.11 Å². The third-order valence-electron chi connectivity index (χ3n) is 1.64. The minimum atomic E-state index is 0.639. The van der Waals surface area contributed by atoms with E-state index in [2.05, 4.69) is 5.48 Å². The van der Waals surface area contributed by atoms with Gasteiger partial charge in [0.05, 0.1) is 7.11 Å². The lowest BCUT2D eigenvalue weighted by atomic mass is 10.3. The van der Waals surface area contributed by atoms with Crippen LogP contribution in [0.15, 0.2) is 0 Å². The molecule has 2 heteroatoms. The largest absolute Gasteiger partial charge is 0.305 e. The van der Waals surface area contributed by atoms with Gasteiger partial charge < -0.3 is 4.84 Å². The molecule has 1 rings (SSSR count). The van der Waals surface area contributed by atoms with Gasteiger partial charge in [-0.1, -0.05) is 12.8 Å². The Labute approximate surface area is 50.2 Å². The molecule has 1 saturated carbocycles. The van der Waals surface area contributed by atoms with E-state index in [1.807, 2.05) is 0 Å². The molecule has 0 unspecified atom stereocenters. The van der Waals surface area contributed by atoms with E-state index in [0.717, 1.165) is 0 Å². The Balaban J connectivity index is 2.06. The summed E-state index contributed by atoms with van der Waals surface area (Å²) in [6, 6.07) is 0.639. The Kier molecular flexibility index (Phi) is 2.30. The van der Waals surface area contributed by atoms with E-state index in [1.54, 1.807) is 7.11 Å². The molecule has 2 nitrogen and oxygen atoms in total. The monoisotopic (exact) mass is 115 g/mol. The number of hydrogen-bond donors (Lipinski definition) is 1. The van der Waals surface area contributed by atoms with Crippen molar-refractivity contribution >= 4 is 0 Å². The van der Waals surface area contributed by atoms with Crippen molar-refractivity contribution in [1.29, 1.82) is 0 Å². The fourth-order valence-electron chi connectivity index (χ4n) is 1.21. The third kappa shape index (κ3) is 1.46. The molecule has 1 N–H and O–H groups in total. The fraction of sp³-hybridized carbons (Fsp3) is 1.00. The third-order valence-corrected chi connectivity index (χ3v) is 1.64. The smallest absolute Gasteiger partial charge is 0.0572 e. The van der Waals surface area contributed by atoms with Gasteiger partial charge in [-0.3, -0.25) is 0 Å². The lowest BCUT2D eigenvalue weighted by Gasteiger charge is -2.06. The first kappa shape index (κ1) is 6.05. The Morgan fingerprint density at radius 3 is 2.50 bits per heavy atom. The molecular weight excluding hydrogens is 102 g/mol. The summed E-state index contributed by atoms with van der Waals surface area (Å²) in [5.74, 6) is 0. The fourth-order valence-corrected chi connectivity index (χ4v) is 1.21. The summed E-state index contributed by atoms with van der Waals surface area (Å²) in [5, 5.41) is 0. The van der Waals surface area contributed by atoms with Crippen LogP contribution in [0.4, 0.5) is 0 Å². The highest BCUT2D eigenvalue weighted by atomic mass is 16.6. The summed E-state index contributed by atoms with van der Waals surface area (Å²) in [6.45, 7) is 0. The summed E-state index contributed by atoms with van der Waals surface area (Å²) < 4.78 is 0. The average Bonchev–Trinajstić information content (AvgIpc) is 2.19. The highest BCUT2D eigenvalue weighted by Gasteiger charge is 2.12. The lowest BCUT2D eigenvalue weighted by molar-refractivity contribution is 0.0628. The summed E-state index contributed by atoms with van der Waals surface area (Å²) >= 11 is 0. The van der Waals surface area contributed by atoms with Gasteiger partial charge in [0, 0.05) is 6.04 Å². The minimum Gasteiger partial charge on any atom is -0.305 e. The SMILES string of the molecule is CONC1CCCC1. The van der Waals surface area contributed by atoms with Crippen molar-refractivity contribution in [2.24, 2.45) is 0 Å². The molecule has 0 atom stereocenters. The quantitative estimate of drug-likeness (QED) is 0.544. The Morgan fingerprint density at radius 1 is 1.38 bits per heavy atom. The van der Waals surface area contributed by atoms with E-state index in [4.69, 9.17) is 4.84 Å². The predicted molar refractivity (Wildman–Crippen MR) is 32.4 cm³/mol. The summed E-state index contributed by atoms with van der Waals surface area (Å²) in [6.07, 6.45) is 5.30. The van der Waals surface area contributed by atoms with Crippen molar-refractivity contribution in [2.45, 2.75) is 31.7 Å². The van der Waals surface area contributed by atoms with Crippen LogP contribution in [-0.2, 0) is 4.84 Å². The van der Waals surface area contributed by atoms with Gasteiger partial charge in [0.2, 0.25) is 0 Å². The van der Waals surface area contributed by atoms with Gasteiger partial charge in [-0.05, 0) is 12.8 Å². The molecule has 0 saturated heterocycles. The van der Waals surface area contributed by atoms with Crippen molar-refractivity contribution < 1.29 is 4.84 Å². The van der Waals surface area contributed by atoms with Crippen molar-refractivity contribution in [3.8, 4) is 0 Å². The van der Waals surface area contributed by atoms with E-state index in [1.165, 1.54) is 25.7 Å². The van der Waals surface area contributed by atoms with E-state index >= 15 is 0 Å². The molecule has 0 spiro atoms. The molecule has 0 aromatic heterocycles. The second-order valence-electron chi connectivity index (χ2n) is 2.30. The molecular formula is C6H13NO. The molecule has 1 aliphatic carbocycles. The molecule has 8 heavy (non-hydrogen) atoms.